The highest BCUT2D eigenvalue weighted by Gasteiger charge is 2.22. The van der Waals surface area contributed by atoms with Gasteiger partial charge in [0, 0.05) is 34.6 Å². The lowest BCUT2D eigenvalue weighted by molar-refractivity contribution is -0.918. The number of hydrogen-bond donors (Lipinski definition) is 2. The number of rotatable bonds is 6. The van der Waals surface area contributed by atoms with Crippen LogP contribution in [0.25, 0.3) is 0 Å². The van der Waals surface area contributed by atoms with Crippen LogP contribution in [-0.2, 0) is 6.54 Å². The molecule has 2 aromatic carbocycles. The van der Waals surface area contributed by atoms with Crippen LogP contribution >= 0.6 is 15.9 Å². The van der Waals surface area contributed by atoms with Gasteiger partial charge in [0.25, 0.3) is 0 Å². The first-order valence-electron chi connectivity index (χ1n) is 8.80. The largest absolute Gasteiger partial charge is 0.494 e. The lowest BCUT2D eigenvalue weighted by Crippen LogP contribution is -3.12. The molecule has 1 aliphatic rings. The van der Waals surface area contributed by atoms with Gasteiger partial charge in [-0.15, -0.1) is 0 Å². The van der Waals surface area contributed by atoms with Gasteiger partial charge in [0.05, 0.1) is 19.7 Å². The third kappa shape index (κ3) is 4.99. The Morgan fingerprint density at radius 3 is 2.33 bits per heavy atom. The first-order valence-corrected chi connectivity index (χ1v) is 9.59. The zero-order chi connectivity index (χ0) is 16.8. The lowest BCUT2D eigenvalue weighted by atomic mass is 10.0. The highest BCUT2D eigenvalue weighted by molar-refractivity contribution is 9.10. The molecule has 0 aliphatic carbocycles. The van der Waals surface area contributed by atoms with Crippen LogP contribution in [0.2, 0.25) is 0 Å². The molecular formula is C20H26BrN2O+. The van der Waals surface area contributed by atoms with Gasteiger partial charge in [-0.2, -0.15) is 0 Å². The van der Waals surface area contributed by atoms with Gasteiger partial charge in [0.1, 0.15) is 12.3 Å². The summed E-state index contributed by atoms with van der Waals surface area (Å²) in [5.41, 5.74) is 2.62. The highest BCUT2D eigenvalue weighted by atomic mass is 79.9. The monoisotopic (exact) mass is 389 g/mol. The molecule has 1 heterocycles. The quantitative estimate of drug-likeness (QED) is 0.790. The molecule has 0 aromatic heterocycles. The van der Waals surface area contributed by atoms with Gasteiger partial charge in [-0.3, -0.25) is 0 Å². The maximum Gasteiger partial charge on any atom is 0.119 e. The van der Waals surface area contributed by atoms with Crippen LogP contribution in [0, 0.1) is 0 Å². The van der Waals surface area contributed by atoms with Gasteiger partial charge in [-0.05, 0) is 55.5 Å². The average Bonchev–Trinajstić information content (AvgIpc) is 2.61. The smallest absolute Gasteiger partial charge is 0.119 e. The van der Waals surface area contributed by atoms with E-state index in [0.29, 0.717) is 6.04 Å². The van der Waals surface area contributed by atoms with Crippen molar-refractivity contribution in [3.8, 4) is 5.75 Å². The van der Waals surface area contributed by atoms with Gasteiger partial charge in [-0.1, -0.05) is 15.9 Å². The molecule has 0 bridgehead atoms. The Balaban J connectivity index is 1.45. The molecule has 1 saturated heterocycles. The number of quaternary nitrogens is 1. The average molecular weight is 390 g/mol. The number of anilines is 1. The van der Waals surface area contributed by atoms with Crippen molar-refractivity contribution in [1.29, 1.82) is 0 Å². The van der Waals surface area contributed by atoms with Crippen LogP contribution in [0.1, 0.15) is 25.3 Å². The van der Waals surface area contributed by atoms with E-state index in [1.165, 1.54) is 37.2 Å². The van der Waals surface area contributed by atoms with Crippen LogP contribution in [0.4, 0.5) is 5.69 Å². The summed E-state index contributed by atoms with van der Waals surface area (Å²) in [6.45, 7) is 6.30. The Labute approximate surface area is 153 Å². The fourth-order valence-corrected chi connectivity index (χ4v) is 3.55. The van der Waals surface area contributed by atoms with E-state index in [1.54, 1.807) is 4.90 Å². The first kappa shape index (κ1) is 17.3. The summed E-state index contributed by atoms with van der Waals surface area (Å²) in [7, 11) is 0. The van der Waals surface area contributed by atoms with Crippen LogP contribution in [0.5, 0.6) is 5.75 Å². The minimum atomic E-state index is 0.593. The number of piperidine rings is 1. The van der Waals surface area contributed by atoms with Crippen molar-refractivity contribution in [2.75, 3.05) is 25.0 Å². The van der Waals surface area contributed by atoms with Crippen LogP contribution < -0.4 is 15.0 Å². The second kappa shape index (κ2) is 8.54. The highest BCUT2D eigenvalue weighted by Crippen LogP contribution is 2.17. The third-order valence-electron chi connectivity index (χ3n) is 4.60. The Morgan fingerprint density at radius 2 is 1.71 bits per heavy atom. The normalized spacial score (nSPS) is 20.6. The van der Waals surface area contributed by atoms with Crippen LogP contribution in [0.3, 0.4) is 0 Å². The van der Waals surface area contributed by atoms with Crippen molar-refractivity contribution in [3.05, 3.63) is 58.6 Å². The number of likely N-dealkylation sites (tertiary alicyclic amines) is 1. The van der Waals surface area contributed by atoms with Crippen molar-refractivity contribution in [3.63, 3.8) is 0 Å². The number of nitrogens with one attached hydrogen (secondary N) is 2. The number of hydrogen-bond acceptors (Lipinski definition) is 2. The lowest BCUT2D eigenvalue weighted by Gasteiger charge is -2.30. The van der Waals surface area contributed by atoms with E-state index < -0.39 is 0 Å². The molecule has 3 nitrogen and oxygen atoms in total. The van der Waals surface area contributed by atoms with E-state index in [4.69, 9.17) is 4.74 Å². The van der Waals surface area contributed by atoms with Crippen molar-refractivity contribution in [2.45, 2.75) is 32.4 Å². The Morgan fingerprint density at radius 1 is 1.04 bits per heavy atom. The standard InChI is InChI=1S/C20H25BrN2O/c1-2-24-20-9-3-16(4-10-20)15-23-13-11-19(12-14-23)22-18-7-5-17(21)6-8-18/h3-10,19,22H,2,11-15H2,1H3/p+1. The summed E-state index contributed by atoms with van der Waals surface area (Å²) in [5.74, 6) is 0.966. The summed E-state index contributed by atoms with van der Waals surface area (Å²) < 4.78 is 6.64. The zero-order valence-electron chi connectivity index (χ0n) is 14.2. The number of ether oxygens (including phenoxy) is 1. The van der Waals surface area contributed by atoms with Crippen molar-refractivity contribution in [1.82, 2.24) is 0 Å². The molecule has 2 N–H and O–H groups in total. The van der Waals surface area contributed by atoms with Crippen molar-refractivity contribution < 1.29 is 9.64 Å². The van der Waals surface area contributed by atoms with Crippen molar-refractivity contribution >= 4 is 21.6 Å². The molecule has 0 saturated carbocycles. The van der Waals surface area contributed by atoms with Crippen LogP contribution in [-0.4, -0.2) is 25.7 Å². The van der Waals surface area contributed by atoms with E-state index >= 15 is 0 Å². The molecule has 1 fully saturated rings. The molecule has 128 valence electrons. The predicted molar refractivity (Wildman–Crippen MR) is 103 cm³/mol. The Kier molecular flexibility index (Phi) is 6.16. The fourth-order valence-electron chi connectivity index (χ4n) is 3.29. The molecule has 0 radical (unpaired) electrons. The van der Waals surface area contributed by atoms with E-state index in [1.807, 2.05) is 6.92 Å². The van der Waals surface area contributed by atoms with E-state index in [-0.39, 0.29) is 0 Å². The molecule has 0 spiro atoms. The first-order chi connectivity index (χ1) is 11.7. The fraction of sp³-hybridized carbons (Fsp3) is 0.400. The molecule has 24 heavy (non-hydrogen) atoms. The predicted octanol–water partition coefficient (Wildman–Crippen LogP) is 3.51. The van der Waals surface area contributed by atoms with E-state index in [2.05, 4.69) is 69.8 Å². The number of benzene rings is 2. The maximum absolute atomic E-state index is 5.51. The summed E-state index contributed by atoms with van der Waals surface area (Å²) in [6.07, 6.45) is 2.45. The van der Waals surface area contributed by atoms with Gasteiger partial charge in [0.2, 0.25) is 0 Å². The molecule has 3 rings (SSSR count). The minimum absolute atomic E-state index is 0.593. The van der Waals surface area contributed by atoms with E-state index in [9.17, 15) is 0 Å². The van der Waals surface area contributed by atoms with E-state index in [0.717, 1.165) is 23.4 Å². The maximum atomic E-state index is 5.51. The molecule has 1 aliphatic heterocycles. The van der Waals surface area contributed by atoms with Gasteiger partial charge in [-0.25, -0.2) is 0 Å². The zero-order valence-corrected chi connectivity index (χ0v) is 15.8. The summed E-state index contributed by atoms with van der Waals surface area (Å²) in [6, 6.07) is 17.6. The SMILES string of the molecule is CCOc1ccc(C[NH+]2CCC(Nc3ccc(Br)cc3)CC2)cc1. The second-order valence-corrected chi connectivity index (χ2v) is 7.34. The molecule has 0 unspecified atom stereocenters. The van der Waals surface area contributed by atoms with Crippen LogP contribution in [0.15, 0.2) is 53.0 Å². The van der Waals surface area contributed by atoms with Gasteiger partial charge < -0.3 is 15.0 Å². The molecule has 0 atom stereocenters. The summed E-state index contributed by atoms with van der Waals surface area (Å²) in [5, 5.41) is 3.66. The molecule has 4 heteroatoms. The molecule has 0 amide bonds. The third-order valence-corrected chi connectivity index (χ3v) is 5.12. The summed E-state index contributed by atoms with van der Waals surface area (Å²) >= 11 is 3.48. The minimum Gasteiger partial charge on any atom is -0.494 e. The van der Waals surface area contributed by atoms with Gasteiger partial charge >= 0.3 is 0 Å². The Bertz CT molecular complexity index is 619. The topological polar surface area (TPSA) is 25.7 Å². The van der Waals surface area contributed by atoms with Gasteiger partial charge in [0.15, 0.2) is 0 Å². The second-order valence-electron chi connectivity index (χ2n) is 6.43. The summed E-state index contributed by atoms with van der Waals surface area (Å²) in [4.78, 5) is 1.67. The molecule has 2 aromatic rings. The Hall–Kier alpha value is -1.52. The molecular weight excluding hydrogens is 364 g/mol. The number of halogens is 1. The van der Waals surface area contributed by atoms with Crippen molar-refractivity contribution in [2.24, 2.45) is 0 Å².